The van der Waals surface area contributed by atoms with E-state index in [9.17, 15) is 9.90 Å². The van der Waals surface area contributed by atoms with Gasteiger partial charge in [-0.15, -0.1) is 0 Å². The van der Waals surface area contributed by atoms with Crippen LogP contribution in [0.4, 0.5) is 10.5 Å². The van der Waals surface area contributed by atoms with E-state index in [1.54, 1.807) is 38.2 Å². The minimum Gasteiger partial charge on any atom is -0.389 e. The first-order chi connectivity index (χ1) is 9.56. The Morgan fingerprint density at radius 1 is 1.55 bits per heavy atom. The van der Waals surface area contributed by atoms with Gasteiger partial charge in [0.05, 0.1) is 12.6 Å². The van der Waals surface area contributed by atoms with Crippen LogP contribution in [-0.4, -0.2) is 38.3 Å². The molecule has 0 radical (unpaired) electrons. The first-order valence-electron chi connectivity index (χ1n) is 6.20. The summed E-state index contributed by atoms with van der Waals surface area (Å²) in [5, 5.41) is 18.7. The first kappa shape index (κ1) is 14.0. The highest BCUT2D eigenvalue weighted by Gasteiger charge is 2.11. The van der Waals surface area contributed by atoms with Gasteiger partial charge in [-0.05, 0) is 24.6 Å². The number of H-pyrrole nitrogens is 1. The van der Waals surface area contributed by atoms with Crippen molar-refractivity contribution in [1.82, 2.24) is 20.1 Å². The lowest BCUT2D eigenvalue weighted by Crippen LogP contribution is -2.31. The zero-order valence-corrected chi connectivity index (χ0v) is 11.4. The largest absolute Gasteiger partial charge is 0.389 e. The van der Waals surface area contributed by atoms with E-state index < -0.39 is 6.10 Å². The molecule has 1 unspecified atom stereocenters. The Balaban J connectivity index is 1.98. The van der Waals surface area contributed by atoms with Crippen molar-refractivity contribution in [2.24, 2.45) is 0 Å². The molecule has 3 N–H and O–H groups in total. The van der Waals surface area contributed by atoms with Gasteiger partial charge in [0.15, 0.2) is 0 Å². The highest BCUT2D eigenvalue weighted by molar-refractivity contribution is 5.89. The van der Waals surface area contributed by atoms with E-state index in [1.807, 2.05) is 0 Å². The van der Waals surface area contributed by atoms with Crippen LogP contribution < -0.4 is 5.32 Å². The van der Waals surface area contributed by atoms with E-state index in [0.29, 0.717) is 18.1 Å². The summed E-state index contributed by atoms with van der Waals surface area (Å²) < 4.78 is 0. The lowest BCUT2D eigenvalue weighted by Gasteiger charge is -2.17. The normalized spacial score (nSPS) is 11.9. The molecule has 0 saturated carbocycles. The van der Waals surface area contributed by atoms with E-state index in [2.05, 4.69) is 20.5 Å². The van der Waals surface area contributed by atoms with Crippen molar-refractivity contribution in [3.63, 3.8) is 0 Å². The summed E-state index contributed by atoms with van der Waals surface area (Å²) in [6, 6.07) is 6.84. The summed E-state index contributed by atoms with van der Waals surface area (Å²) in [4.78, 5) is 17.5. The number of hydrogen-bond donors (Lipinski definition) is 3. The number of benzene rings is 1. The van der Waals surface area contributed by atoms with E-state index in [1.165, 1.54) is 11.2 Å². The average molecular weight is 275 g/mol. The van der Waals surface area contributed by atoms with Crippen LogP contribution in [0.25, 0.3) is 0 Å². The van der Waals surface area contributed by atoms with Gasteiger partial charge in [-0.1, -0.05) is 12.1 Å². The molecule has 0 aliphatic heterocycles. The maximum Gasteiger partial charge on any atom is 0.321 e. The number of carbonyl (C=O) groups is 1. The second-order valence-electron chi connectivity index (χ2n) is 4.52. The molecule has 1 heterocycles. The van der Waals surface area contributed by atoms with Crippen LogP contribution in [0.5, 0.6) is 0 Å². The number of aromatic amines is 1. The van der Waals surface area contributed by atoms with Gasteiger partial charge in [0.1, 0.15) is 12.2 Å². The maximum atomic E-state index is 12.0. The van der Waals surface area contributed by atoms with E-state index >= 15 is 0 Å². The minimum absolute atomic E-state index is 0.260. The lowest BCUT2D eigenvalue weighted by atomic mass is 10.1. The Kier molecular flexibility index (Phi) is 4.31. The second-order valence-corrected chi connectivity index (χ2v) is 4.52. The Morgan fingerprint density at radius 3 is 3.00 bits per heavy atom. The van der Waals surface area contributed by atoms with Crippen LogP contribution in [-0.2, 0) is 6.54 Å². The molecule has 7 heteroatoms. The molecule has 1 atom stereocenters. The molecular formula is C13H17N5O2. The number of urea groups is 1. The summed E-state index contributed by atoms with van der Waals surface area (Å²) in [6.45, 7) is 2.01. The molecule has 1 aromatic heterocycles. The molecule has 0 spiro atoms. The number of hydrogen-bond acceptors (Lipinski definition) is 4. The predicted molar refractivity (Wildman–Crippen MR) is 73.9 cm³/mol. The smallest absolute Gasteiger partial charge is 0.321 e. The first-order valence-corrected chi connectivity index (χ1v) is 6.20. The second kappa shape index (κ2) is 6.16. The molecular weight excluding hydrogens is 258 g/mol. The van der Waals surface area contributed by atoms with E-state index in [4.69, 9.17) is 0 Å². The third kappa shape index (κ3) is 3.55. The van der Waals surface area contributed by atoms with Crippen LogP contribution in [0.15, 0.2) is 30.6 Å². The lowest BCUT2D eigenvalue weighted by molar-refractivity contribution is 0.199. The highest BCUT2D eigenvalue weighted by Crippen LogP contribution is 2.17. The number of rotatable bonds is 4. The predicted octanol–water partition coefficient (Wildman–Crippen LogP) is 1.52. The topological polar surface area (TPSA) is 94.1 Å². The quantitative estimate of drug-likeness (QED) is 0.788. The van der Waals surface area contributed by atoms with E-state index in [0.717, 1.165) is 5.56 Å². The molecule has 0 aliphatic carbocycles. The molecule has 0 fully saturated rings. The van der Waals surface area contributed by atoms with Crippen LogP contribution in [0, 0.1) is 0 Å². The molecule has 1 aromatic carbocycles. The molecule has 7 nitrogen and oxygen atoms in total. The summed E-state index contributed by atoms with van der Waals surface area (Å²) in [7, 11) is 1.66. The van der Waals surface area contributed by atoms with Crippen molar-refractivity contribution in [3.8, 4) is 0 Å². The minimum atomic E-state index is -0.571. The number of aliphatic hydroxyl groups excluding tert-OH is 1. The van der Waals surface area contributed by atoms with Crippen LogP contribution in [0.1, 0.15) is 24.4 Å². The number of anilines is 1. The summed E-state index contributed by atoms with van der Waals surface area (Å²) in [5.41, 5.74) is 1.39. The SMILES string of the molecule is CC(O)c1cccc(NC(=O)N(C)Cc2ncn[nH]2)c1. The fourth-order valence-corrected chi connectivity index (χ4v) is 1.70. The average Bonchev–Trinajstić information content (AvgIpc) is 2.91. The van der Waals surface area contributed by atoms with E-state index in [-0.39, 0.29) is 6.03 Å². The van der Waals surface area contributed by atoms with Gasteiger partial charge in [-0.3, -0.25) is 5.10 Å². The van der Waals surface area contributed by atoms with Crippen molar-refractivity contribution in [2.45, 2.75) is 19.6 Å². The third-order valence-electron chi connectivity index (χ3n) is 2.82. The van der Waals surface area contributed by atoms with Gasteiger partial charge in [-0.2, -0.15) is 5.10 Å². The maximum absolute atomic E-state index is 12.0. The summed E-state index contributed by atoms with van der Waals surface area (Å²) in [6.07, 6.45) is 0.825. The Labute approximate surface area is 116 Å². The zero-order chi connectivity index (χ0) is 14.5. The molecule has 2 rings (SSSR count). The van der Waals surface area contributed by atoms with Crippen LogP contribution in [0.3, 0.4) is 0 Å². The molecule has 0 saturated heterocycles. The molecule has 0 bridgehead atoms. The van der Waals surface area contributed by atoms with Crippen molar-refractivity contribution in [3.05, 3.63) is 42.0 Å². The Morgan fingerprint density at radius 2 is 2.35 bits per heavy atom. The monoisotopic (exact) mass is 275 g/mol. The van der Waals surface area contributed by atoms with Gasteiger partial charge < -0.3 is 15.3 Å². The van der Waals surface area contributed by atoms with Gasteiger partial charge >= 0.3 is 6.03 Å². The Hall–Kier alpha value is -2.41. The van der Waals surface area contributed by atoms with Gasteiger partial charge in [0.25, 0.3) is 0 Å². The number of aliphatic hydroxyl groups is 1. The molecule has 0 aliphatic rings. The van der Waals surface area contributed by atoms with Gasteiger partial charge in [0.2, 0.25) is 0 Å². The summed E-state index contributed by atoms with van der Waals surface area (Å²) in [5.74, 6) is 0.611. The molecule has 2 aromatic rings. The van der Waals surface area contributed by atoms with Gasteiger partial charge in [0, 0.05) is 12.7 Å². The molecule has 106 valence electrons. The highest BCUT2D eigenvalue weighted by atomic mass is 16.3. The molecule has 2 amide bonds. The Bertz CT molecular complexity index is 568. The number of aromatic nitrogens is 3. The molecule has 20 heavy (non-hydrogen) atoms. The zero-order valence-electron chi connectivity index (χ0n) is 11.4. The number of nitrogens with one attached hydrogen (secondary N) is 2. The number of nitrogens with zero attached hydrogens (tertiary/aromatic N) is 3. The van der Waals surface area contributed by atoms with Gasteiger partial charge in [-0.25, -0.2) is 9.78 Å². The van der Waals surface area contributed by atoms with Crippen LogP contribution >= 0.6 is 0 Å². The number of carbonyl (C=O) groups excluding carboxylic acids is 1. The van der Waals surface area contributed by atoms with Crippen molar-refractivity contribution in [2.75, 3.05) is 12.4 Å². The van der Waals surface area contributed by atoms with Crippen molar-refractivity contribution in [1.29, 1.82) is 0 Å². The number of amides is 2. The van der Waals surface area contributed by atoms with Crippen LogP contribution in [0.2, 0.25) is 0 Å². The summed E-state index contributed by atoms with van der Waals surface area (Å²) >= 11 is 0. The fourth-order valence-electron chi connectivity index (χ4n) is 1.70. The van der Waals surface area contributed by atoms with Crippen molar-refractivity contribution >= 4 is 11.7 Å². The third-order valence-corrected chi connectivity index (χ3v) is 2.82. The fraction of sp³-hybridized carbons (Fsp3) is 0.308. The van der Waals surface area contributed by atoms with Crippen molar-refractivity contribution < 1.29 is 9.90 Å². The standard InChI is InChI=1S/C13H17N5O2/c1-9(19)10-4-3-5-11(6-10)16-13(20)18(2)7-12-14-8-15-17-12/h3-6,8-9,19H,7H2,1-2H3,(H,16,20)(H,14,15,17).